The Morgan fingerprint density at radius 1 is 1.26 bits per heavy atom. The summed E-state index contributed by atoms with van der Waals surface area (Å²) in [5, 5.41) is 9.87. The molecule has 27 heavy (non-hydrogen) atoms. The molecule has 0 fully saturated rings. The first-order valence-electron chi connectivity index (χ1n) is 8.84. The van der Waals surface area contributed by atoms with E-state index in [0.29, 0.717) is 17.2 Å². The number of ether oxygens (including phenoxy) is 1. The predicted molar refractivity (Wildman–Crippen MR) is 97.4 cm³/mol. The third-order valence-corrected chi connectivity index (χ3v) is 4.59. The summed E-state index contributed by atoms with van der Waals surface area (Å²) in [5.74, 6) is -3.00. The fourth-order valence-corrected chi connectivity index (χ4v) is 3.33. The van der Waals surface area contributed by atoms with Gasteiger partial charge in [-0.3, -0.25) is 4.79 Å². The summed E-state index contributed by atoms with van der Waals surface area (Å²) in [6, 6.07) is 11.9. The number of rotatable bonds is 8. The molecule has 0 aliphatic heterocycles. The molecule has 3 nitrogen and oxygen atoms in total. The number of aryl methyl sites for hydroxylation is 1. The van der Waals surface area contributed by atoms with Crippen LogP contribution < -0.4 is 0 Å². The zero-order valence-electron chi connectivity index (χ0n) is 15.3. The van der Waals surface area contributed by atoms with E-state index < -0.39 is 30.4 Å². The van der Waals surface area contributed by atoms with Crippen molar-refractivity contribution in [2.45, 2.75) is 50.8 Å². The molecule has 0 heterocycles. The van der Waals surface area contributed by atoms with Gasteiger partial charge in [0.15, 0.2) is 5.78 Å². The molecule has 2 aromatic rings. The first-order valence-corrected chi connectivity index (χ1v) is 8.84. The van der Waals surface area contributed by atoms with Crippen LogP contribution in [0.2, 0.25) is 0 Å². The third-order valence-electron chi connectivity index (χ3n) is 4.59. The largest absolute Gasteiger partial charge is 0.398 e. The van der Waals surface area contributed by atoms with Gasteiger partial charge in [0.25, 0.3) is 0 Å². The van der Waals surface area contributed by atoms with Crippen molar-refractivity contribution in [3.63, 3.8) is 0 Å². The van der Waals surface area contributed by atoms with Gasteiger partial charge in [-0.15, -0.1) is 0 Å². The van der Waals surface area contributed by atoms with E-state index >= 15 is 0 Å². The first-order chi connectivity index (χ1) is 12.8. The Morgan fingerprint density at radius 3 is 2.56 bits per heavy atom. The maximum atomic E-state index is 14.0. The van der Waals surface area contributed by atoms with E-state index in [-0.39, 0.29) is 5.56 Å². The van der Waals surface area contributed by atoms with Crippen LogP contribution in [0.5, 0.6) is 0 Å². The summed E-state index contributed by atoms with van der Waals surface area (Å²) in [6.45, 7) is 2.02. The van der Waals surface area contributed by atoms with E-state index in [1.807, 2.05) is 13.0 Å². The van der Waals surface area contributed by atoms with Crippen LogP contribution in [-0.2, 0) is 16.0 Å². The minimum absolute atomic E-state index is 0.0184. The van der Waals surface area contributed by atoms with Crippen LogP contribution in [0, 0.1) is 11.3 Å². The van der Waals surface area contributed by atoms with Crippen molar-refractivity contribution in [1.82, 2.24) is 0 Å². The number of nitrogens with zero attached hydrogens (tertiary/aromatic N) is 1. The van der Waals surface area contributed by atoms with Gasteiger partial charge >= 0.3 is 6.18 Å². The number of halogens is 3. The van der Waals surface area contributed by atoms with Crippen molar-refractivity contribution in [3.05, 3.63) is 47.5 Å². The molecule has 0 radical (unpaired) electrons. The van der Waals surface area contributed by atoms with E-state index in [0.717, 1.165) is 25.5 Å². The van der Waals surface area contributed by atoms with Gasteiger partial charge in [-0.25, -0.2) is 0 Å². The van der Waals surface area contributed by atoms with E-state index in [1.54, 1.807) is 30.3 Å². The molecule has 0 saturated heterocycles. The maximum Gasteiger partial charge on any atom is 0.398 e. The highest BCUT2D eigenvalue weighted by atomic mass is 19.4. The van der Waals surface area contributed by atoms with Crippen LogP contribution >= 0.6 is 0 Å². The Kier molecular flexibility index (Phi) is 6.98. The van der Waals surface area contributed by atoms with E-state index in [1.165, 1.54) is 6.07 Å². The molecule has 0 amide bonds. The molecule has 0 N–H and O–H groups in total. The number of hydrogen-bond donors (Lipinski definition) is 0. The summed E-state index contributed by atoms with van der Waals surface area (Å²) >= 11 is 0. The molecular weight excluding hydrogens is 355 g/mol. The van der Waals surface area contributed by atoms with Gasteiger partial charge in [0.1, 0.15) is 12.0 Å². The van der Waals surface area contributed by atoms with E-state index in [4.69, 9.17) is 10.00 Å². The Labute approximate surface area is 156 Å². The number of alkyl halides is 3. The van der Waals surface area contributed by atoms with Crippen LogP contribution in [-0.4, -0.2) is 25.2 Å². The van der Waals surface area contributed by atoms with Gasteiger partial charge in [0.2, 0.25) is 0 Å². The molecule has 0 aliphatic carbocycles. The molecule has 6 heteroatoms. The van der Waals surface area contributed by atoms with Crippen molar-refractivity contribution in [2.75, 3.05) is 7.11 Å². The molecule has 0 bridgehead atoms. The number of methoxy groups -OCH3 is 1. The molecule has 0 saturated carbocycles. The van der Waals surface area contributed by atoms with Crippen molar-refractivity contribution in [1.29, 1.82) is 5.26 Å². The number of nitriles is 1. The molecule has 2 rings (SSSR count). The highest BCUT2D eigenvalue weighted by Gasteiger charge is 2.49. The molecule has 0 aromatic heterocycles. The highest BCUT2D eigenvalue weighted by Crippen LogP contribution is 2.42. The van der Waals surface area contributed by atoms with E-state index in [2.05, 4.69) is 0 Å². The fraction of sp³-hybridized carbons (Fsp3) is 0.429. The second-order valence-corrected chi connectivity index (χ2v) is 6.49. The van der Waals surface area contributed by atoms with Gasteiger partial charge in [-0.05, 0) is 34.7 Å². The lowest BCUT2D eigenvalue weighted by Crippen LogP contribution is -2.39. The number of Topliss-reactive ketones (excluding diaryl/α,β-unsaturated/α-hetero) is 1. The summed E-state index contributed by atoms with van der Waals surface area (Å²) in [6.07, 6.45) is -4.64. The second kappa shape index (κ2) is 9.01. The van der Waals surface area contributed by atoms with Crippen LogP contribution in [0.25, 0.3) is 10.8 Å². The Morgan fingerprint density at radius 2 is 1.96 bits per heavy atom. The monoisotopic (exact) mass is 377 g/mol. The van der Waals surface area contributed by atoms with E-state index in [9.17, 15) is 18.0 Å². The summed E-state index contributed by atoms with van der Waals surface area (Å²) in [5.41, 5.74) is 0.812. The summed E-state index contributed by atoms with van der Waals surface area (Å²) < 4.78 is 47.1. The number of carbonyl (C=O) groups excluding carboxylic acids is 1. The smallest absolute Gasteiger partial charge is 0.373 e. The minimum atomic E-state index is -4.70. The number of ketones is 1. The molecule has 0 spiro atoms. The van der Waals surface area contributed by atoms with Gasteiger partial charge in [0, 0.05) is 7.11 Å². The van der Waals surface area contributed by atoms with Crippen molar-refractivity contribution in [3.8, 4) is 6.07 Å². The van der Waals surface area contributed by atoms with Crippen LogP contribution in [0.3, 0.4) is 0 Å². The van der Waals surface area contributed by atoms with Gasteiger partial charge in [-0.2, -0.15) is 18.4 Å². The quantitative estimate of drug-likeness (QED) is 0.625. The number of unbranched alkanes of at least 4 members (excludes halogenated alkanes) is 1. The number of hydrogen-bond acceptors (Lipinski definition) is 3. The minimum Gasteiger partial charge on any atom is -0.373 e. The lowest BCUT2D eigenvalue weighted by molar-refractivity contribution is -0.180. The third kappa shape index (κ3) is 4.86. The topological polar surface area (TPSA) is 50.1 Å². The Bertz CT molecular complexity index is 839. The van der Waals surface area contributed by atoms with Gasteiger partial charge < -0.3 is 4.74 Å². The van der Waals surface area contributed by atoms with Crippen LogP contribution in [0.1, 0.15) is 43.2 Å². The average Bonchev–Trinajstić information content (AvgIpc) is 2.62. The lowest BCUT2D eigenvalue weighted by Gasteiger charge is -2.28. The molecule has 0 aliphatic rings. The first kappa shape index (κ1) is 20.9. The maximum absolute atomic E-state index is 14.0. The lowest BCUT2D eigenvalue weighted by atomic mass is 9.84. The predicted octanol–water partition coefficient (Wildman–Crippen LogP) is 5.33. The second-order valence-electron chi connectivity index (χ2n) is 6.49. The van der Waals surface area contributed by atoms with Crippen molar-refractivity contribution < 1.29 is 22.7 Å². The van der Waals surface area contributed by atoms with Crippen LogP contribution in [0.4, 0.5) is 13.2 Å². The molecular formula is C21H22F3NO2. The Hall–Kier alpha value is -2.39. The van der Waals surface area contributed by atoms with Crippen molar-refractivity contribution in [2.24, 2.45) is 0 Å². The number of carbonyl (C=O) groups is 1. The molecule has 2 unspecified atom stereocenters. The number of benzene rings is 2. The molecule has 2 atom stereocenters. The standard InChI is InChI=1S/C21H22F3NO2/c1-3-4-7-14-12-15-8-5-6-9-16(15)17(13-14)19(21(22,23)24)20(27-2)18(26)10-11-25/h5-6,8-9,12-13,19-20H,3-4,7,10H2,1-2H3. The zero-order chi connectivity index (χ0) is 20.0. The average molecular weight is 377 g/mol. The molecule has 144 valence electrons. The summed E-state index contributed by atoms with van der Waals surface area (Å²) in [4.78, 5) is 12.2. The number of fused-ring (bicyclic) bond motifs is 1. The Balaban J connectivity index is 2.68. The van der Waals surface area contributed by atoms with Gasteiger partial charge in [-0.1, -0.05) is 49.7 Å². The van der Waals surface area contributed by atoms with Gasteiger partial charge in [0.05, 0.1) is 12.5 Å². The normalized spacial score (nSPS) is 13.9. The molecule has 2 aromatic carbocycles. The van der Waals surface area contributed by atoms with Crippen molar-refractivity contribution >= 4 is 16.6 Å². The highest BCUT2D eigenvalue weighted by molar-refractivity contribution is 5.90. The van der Waals surface area contributed by atoms with Crippen LogP contribution in [0.15, 0.2) is 36.4 Å². The summed E-state index contributed by atoms with van der Waals surface area (Å²) in [7, 11) is 1.07. The zero-order valence-corrected chi connectivity index (χ0v) is 15.3. The SMILES string of the molecule is CCCCc1cc(C(C(OC)C(=O)CC#N)C(F)(F)F)c2ccccc2c1. The fourth-order valence-electron chi connectivity index (χ4n) is 3.33.